The summed E-state index contributed by atoms with van der Waals surface area (Å²) in [4.78, 5) is 41.3. The monoisotopic (exact) mass is 692 g/mol. The molecule has 11 heteroatoms. The first-order chi connectivity index (χ1) is 17.9. The maximum absolute atomic E-state index is 12.8. The van der Waals surface area contributed by atoms with Crippen molar-refractivity contribution < 1.29 is 19.0 Å². The molecule has 190 valence electrons. The second kappa shape index (κ2) is 12.4. The van der Waals surface area contributed by atoms with Crippen molar-refractivity contribution in [3.8, 4) is 0 Å². The number of ether oxygens (including phenoxy) is 3. The molecule has 0 aliphatic carbocycles. The molecule has 1 N–H and O–H groups in total. The molecule has 8 nitrogen and oxygen atoms in total. The van der Waals surface area contributed by atoms with Crippen LogP contribution in [0.4, 0.5) is 0 Å². The predicted molar refractivity (Wildman–Crippen MR) is 149 cm³/mol. The molecule has 0 saturated heterocycles. The van der Waals surface area contributed by atoms with E-state index in [1.807, 2.05) is 60.7 Å². The Balaban J connectivity index is 1.71. The van der Waals surface area contributed by atoms with Gasteiger partial charge < -0.3 is 14.2 Å². The second-order valence-corrected chi connectivity index (χ2v) is 9.91. The van der Waals surface area contributed by atoms with Gasteiger partial charge in [-0.2, -0.15) is 0 Å². The van der Waals surface area contributed by atoms with Crippen molar-refractivity contribution in [3.63, 3.8) is 0 Å². The SMILES string of the molecule is O=C1O/C(=C(\Br)Cn2c(Br)c(/C=C/Br)c(=O)[nH]c2=O)C(OCc2ccccc2)=C1OCc1ccccc1. The van der Waals surface area contributed by atoms with Gasteiger partial charge in [-0.25, -0.2) is 9.59 Å². The molecule has 0 atom stereocenters. The van der Waals surface area contributed by atoms with E-state index in [9.17, 15) is 14.4 Å². The van der Waals surface area contributed by atoms with E-state index in [1.165, 1.54) is 15.6 Å². The Morgan fingerprint density at radius 1 is 0.919 bits per heavy atom. The molecule has 1 aliphatic rings. The molecule has 1 aromatic heterocycles. The molecule has 0 spiro atoms. The summed E-state index contributed by atoms with van der Waals surface area (Å²) in [5.41, 5.74) is 0.758. The van der Waals surface area contributed by atoms with E-state index in [0.29, 0.717) is 4.48 Å². The Morgan fingerprint density at radius 2 is 1.49 bits per heavy atom. The molecule has 0 amide bonds. The average Bonchev–Trinajstić information content (AvgIpc) is 3.22. The van der Waals surface area contributed by atoms with Gasteiger partial charge in [-0.05, 0) is 54.0 Å². The van der Waals surface area contributed by atoms with Gasteiger partial charge in [0.05, 0.1) is 16.6 Å². The number of aromatic nitrogens is 2. The average molecular weight is 695 g/mol. The highest BCUT2D eigenvalue weighted by Crippen LogP contribution is 2.34. The van der Waals surface area contributed by atoms with Crippen LogP contribution in [-0.4, -0.2) is 15.5 Å². The van der Waals surface area contributed by atoms with E-state index in [-0.39, 0.29) is 47.2 Å². The van der Waals surface area contributed by atoms with Crippen molar-refractivity contribution in [1.29, 1.82) is 0 Å². The summed E-state index contributed by atoms with van der Waals surface area (Å²) in [5, 5.41) is 0. The van der Waals surface area contributed by atoms with Crippen molar-refractivity contribution in [1.82, 2.24) is 9.55 Å². The number of H-pyrrole nitrogens is 1. The molecule has 37 heavy (non-hydrogen) atoms. The van der Waals surface area contributed by atoms with E-state index < -0.39 is 17.2 Å². The first-order valence-electron chi connectivity index (χ1n) is 10.9. The first-order valence-corrected chi connectivity index (χ1v) is 13.4. The smallest absolute Gasteiger partial charge is 0.383 e. The quantitative estimate of drug-likeness (QED) is 0.236. The number of allylic oxidation sites excluding steroid dienone is 1. The molecule has 0 saturated carbocycles. The Kier molecular flexibility index (Phi) is 9.01. The third-order valence-corrected chi connectivity index (χ3v) is 6.92. The van der Waals surface area contributed by atoms with E-state index >= 15 is 0 Å². The zero-order valence-corrected chi connectivity index (χ0v) is 23.8. The predicted octanol–water partition coefficient (Wildman–Crippen LogP) is 5.47. The third-order valence-electron chi connectivity index (χ3n) is 5.19. The van der Waals surface area contributed by atoms with Crippen LogP contribution in [0, 0.1) is 0 Å². The number of rotatable bonds is 9. The number of hydrogen-bond acceptors (Lipinski definition) is 6. The van der Waals surface area contributed by atoms with E-state index in [1.54, 1.807) is 0 Å². The number of carbonyl (C=O) groups excluding carboxylic acids is 1. The number of nitrogens with zero attached hydrogens (tertiary/aromatic N) is 1. The van der Waals surface area contributed by atoms with Crippen LogP contribution in [-0.2, 0) is 38.8 Å². The zero-order valence-electron chi connectivity index (χ0n) is 19.1. The van der Waals surface area contributed by atoms with Crippen molar-refractivity contribution in [2.24, 2.45) is 0 Å². The molecule has 4 rings (SSSR count). The highest BCUT2D eigenvalue weighted by Gasteiger charge is 2.36. The minimum Gasteiger partial charge on any atom is -0.481 e. The van der Waals surface area contributed by atoms with E-state index in [2.05, 4.69) is 52.8 Å². The second-order valence-electron chi connectivity index (χ2n) is 7.67. The van der Waals surface area contributed by atoms with Crippen molar-refractivity contribution in [2.75, 3.05) is 0 Å². The normalized spacial score (nSPS) is 14.7. The minimum absolute atomic E-state index is 0.0755. The zero-order chi connectivity index (χ0) is 26.4. The lowest BCUT2D eigenvalue weighted by atomic mass is 10.2. The number of carbonyl (C=O) groups is 1. The summed E-state index contributed by atoms with van der Waals surface area (Å²) in [6.07, 6.45) is 1.50. The molecular formula is C26H19Br3N2O6. The van der Waals surface area contributed by atoms with Gasteiger partial charge in [0.1, 0.15) is 17.8 Å². The fourth-order valence-corrected chi connectivity index (χ4v) is 4.77. The number of aromatic amines is 1. The highest BCUT2D eigenvalue weighted by atomic mass is 79.9. The van der Waals surface area contributed by atoms with Gasteiger partial charge in [0.25, 0.3) is 11.3 Å². The van der Waals surface area contributed by atoms with Gasteiger partial charge in [-0.1, -0.05) is 76.6 Å². The first kappa shape index (κ1) is 26.9. The summed E-state index contributed by atoms with van der Waals surface area (Å²) >= 11 is 9.90. The lowest BCUT2D eigenvalue weighted by Gasteiger charge is -2.13. The Bertz CT molecular complexity index is 1510. The third kappa shape index (κ3) is 6.41. The van der Waals surface area contributed by atoms with Crippen LogP contribution in [0.3, 0.4) is 0 Å². The summed E-state index contributed by atoms with van der Waals surface area (Å²) in [7, 11) is 0. The van der Waals surface area contributed by atoms with Crippen molar-refractivity contribution in [2.45, 2.75) is 19.8 Å². The fraction of sp³-hybridized carbons (Fsp3) is 0.115. The number of halogens is 3. The molecule has 2 aromatic carbocycles. The number of esters is 1. The molecule has 0 fully saturated rings. The molecule has 0 unspecified atom stereocenters. The Morgan fingerprint density at radius 3 is 2.05 bits per heavy atom. The van der Waals surface area contributed by atoms with Gasteiger partial charge in [-0.3, -0.25) is 14.3 Å². The molecule has 3 aromatic rings. The van der Waals surface area contributed by atoms with Crippen LogP contribution < -0.4 is 11.2 Å². The summed E-state index contributed by atoms with van der Waals surface area (Å²) in [6.45, 7) is 0.199. The summed E-state index contributed by atoms with van der Waals surface area (Å²) < 4.78 is 19.2. The number of cyclic esters (lactones) is 1. The van der Waals surface area contributed by atoms with Gasteiger partial charge >= 0.3 is 11.7 Å². The Labute approximate surface area is 236 Å². The van der Waals surface area contributed by atoms with Gasteiger partial charge in [0.2, 0.25) is 5.76 Å². The van der Waals surface area contributed by atoms with Crippen LogP contribution in [0.1, 0.15) is 16.7 Å². The van der Waals surface area contributed by atoms with Crippen LogP contribution in [0.25, 0.3) is 6.08 Å². The maximum atomic E-state index is 12.8. The van der Waals surface area contributed by atoms with Gasteiger partial charge in [0.15, 0.2) is 5.76 Å². The Hall–Kier alpha value is -3.15. The minimum atomic E-state index is -0.721. The number of hydrogen-bond donors (Lipinski definition) is 1. The number of benzene rings is 2. The van der Waals surface area contributed by atoms with Crippen molar-refractivity contribution >= 4 is 59.8 Å². The number of nitrogens with one attached hydrogen (secondary N) is 1. The van der Waals surface area contributed by atoms with E-state index in [0.717, 1.165) is 11.1 Å². The lowest BCUT2D eigenvalue weighted by Crippen LogP contribution is -2.32. The van der Waals surface area contributed by atoms with Crippen LogP contribution in [0.5, 0.6) is 0 Å². The van der Waals surface area contributed by atoms with Gasteiger partial charge in [-0.15, -0.1) is 0 Å². The summed E-state index contributed by atoms with van der Waals surface area (Å²) in [6, 6.07) is 18.8. The van der Waals surface area contributed by atoms with Crippen LogP contribution in [0.2, 0.25) is 0 Å². The molecule has 0 bridgehead atoms. The topological polar surface area (TPSA) is 99.6 Å². The van der Waals surface area contributed by atoms with E-state index in [4.69, 9.17) is 14.2 Å². The fourth-order valence-electron chi connectivity index (χ4n) is 3.39. The standard InChI is InChI=1S/C26H19Br3N2O6/c27-12-11-18-23(29)31(26(34)30-24(18)32)13-19(28)20-21(35-14-16-7-3-1-4-8-16)22(25(33)37-20)36-15-17-9-5-2-6-10-17/h1-12H,13-15H2,(H,30,32,34)/b12-11+,20-19-. The van der Waals surface area contributed by atoms with Crippen LogP contribution in [0.15, 0.2) is 102 Å². The molecule has 0 radical (unpaired) electrons. The molecule has 2 heterocycles. The summed E-state index contributed by atoms with van der Waals surface area (Å²) in [5.74, 6) is -0.623. The lowest BCUT2D eigenvalue weighted by molar-refractivity contribution is -0.136. The highest BCUT2D eigenvalue weighted by molar-refractivity contribution is 9.12. The van der Waals surface area contributed by atoms with Gasteiger partial charge in [0, 0.05) is 0 Å². The van der Waals surface area contributed by atoms with Crippen molar-refractivity contribution in [3.05, 3.63) is 130 Å². The molecular weight excluding hydrogens is 676 g/mol. The maximum Gasteiger partial charge on any atom is 0.383 e. The largest absolute Gasteiger partial charge is 0.481 e. The van der Waals surface area contributed by atoms with Crippen LogP contribution >= 0.6 is 47.8 Å². The molecule has 1 aliphatic heterocycles.